The van der Waals surface area contributed by atoms with Gasteiger partial charge in [-0.2, -0.15) is 0 Å². The lowest BCUT2D eigenvalue weighted by Crippen LogP contribution is -2.38. The van der Waals surface area contributed by atoms with Crippen molar-refractivity contribution in [2.75, 3.05) is 0 Å². The van der Waals surface area contributed by atoms with Gasteiger partial charge in [-0.3, -0.25) is 0 Å². The molecule has 76 valence electrons. The molecule has 0 aromatic carbocycles. The molecule has 1 fully saturated rings. The predicted octanol–water partition coefficient (Wildman–Crippen LogP) is 3.12. The molecule has 1 rings (SSSR count). The van der Waals surface area contributed by atoms with Crippen LogP contribution in [0.1, 0.15) is 46.0 Å². The molecule has 1 N–H and O–H groups in total. The molecule has 0 amide bonds. The van der Waals surface area contributed by atoms with Crippen LogP contribution in [0.15, 0.2) is 12.7 Å². The summed E-state index contributed by atoms with van der Waals surface area (Å²) in [7, 11) is 0. The molecule has 0 radical (unpaired) electrons. The van der Waals surface area contributed by atoms with Crippen LogP contribution in [-0.2, 0) is 0 Å². The van der Waals surface area contributed by atoms with E-state index in [1.165, 1.54) is 25.7 Å². The molecule has 0 aromatic heterocycles. The van der Waals surface area contributed by atoms with Gasteiger partial charge in [-0.15, -0.1) is 6.58 Å². The SMILES string of the molecule is C=CCC(C)NC1CCC(C)CC1. The van der Waals surface area contributed by atoms with Gasteiger partial charge in [0.1, 0.15) is 0 Å². The standard InChI is InChI=1S/C12H23N/c1-4-5-11(3)13-12-8-6-10(2)7-9-12/h4,10-13H,1,5-9H2,2-3H3. The molecule has 1 aliphatic carbocycles. The second kappa shape index (κ2) is 5.43. The summed E-state index contributed by atoms with van der Waals surface area (Å²) >= 11 is 0. The maximum atomic E-state index is 3.77. The molecule has 1 aliphatic rings. The smallest absolute Gasteiger partial charge is 0.00757 e. The van der Waals surface area contributed by atoms with Crippen LogP contribution in [0.3, 0.4) is 0 Å². The fourth-order valence-corrected chi connectivity index (χ4v) is 2.15. The highest BCUT2D eigenvalue weighted by Gasteiger charge is 2.18. The number of rotatable bonds is 4. The van der Waals surface area contributed by atoms with E-state index in [1.54, 1.807) is 0 Å². The van der Waals surface area contributed by atoms with Gasteiger partial charge in [0, 0.05) is 12.1 Å². The summed E-state index contributed by atoms with van der Waals surface area (Å²) in [5, 5.41) is 3.67. The fraction of sp³-hybridized carbons (Fsp3) is 0.833. The third-order valence-corrected chi connectivity index (χ3v) is 3.06. The first kappa shape index (κ1) is 10.8. The van der Waals surface area contributed by atoms with Gasteiger partial charge in [-0.05, 0) is 44.9 Å². The van der Waals surface area contributed by atoms with Gasteiger partial charge < -0.3 is 5.32 Å². The number of hydrogen-bond donors (Lipinski definition) is 1. The monoisotopic (exact) mass is 181 g/mol. The van der Waals surface area contributed by atoms with Crippen LogP contribution in [-0.4, -0.2) is 12.1 Å². The summed E-state index contributed by atoms with van der Waals surface area (Å²) in [5.74, 6) is 0.952. The molecule has 0 bridgehead atoms. The van der Waals surface area contributed by atoms with Crippen LogP contribution in [0, 0.1) is 5.92 Å². The topological polar surface area (TPSA) is 12.0 Å². The lowest BCUT2D eigenvalue weighted by atomic mass is 9.87. The van der Waals surface area contributed by atoms with E-state index in [9.17, 15) is 0 Å². The lowest BCUT2D eigenvalue weighted by molar-refractivity contribution is 0.291. The second-order valence-electron chi connectivity index (χ2n) is 4.55. The Morgan fingerprint density at radius 2 is 2.00 bits per heavy atom. The first-order valence-corrected chi connectivity index (χ1v) is 5.59. The van der Waals surface area contributed by atoms with E-state index in [4.69, 9.17) is 0 Å². The van der Waals surface area contributed by atoms with Gasteiger partial charge in [0.05, 0.1) is 0 Å². The highest BCUT2D eigenvalue weighted by atomic mass is 14.9. The Morgan fingerprint density at radius 3 is 2.54 bits per heavy atom. The molecule has 0 aromatic rings. The molecular formula is C12H23N. The minimum atomic E-state index is 0.607. The Bertz CT molecular complexity index is 145. The molecule has 1 nitrogen and oxygen atoms in total. The zero-order valence-electron chi connectivity index (χ0n) is 9.05. The van der Waals surface area contributed by atoms with Crippen molar-refractivity contribution in [2.24, 2.45) is 5.92 Å². The van der Waals surface area contributed by atoms with E-state index in [1.807, 2.05) is 6.08 Å². The van der Waals surface area contributed by atoms with Crippen LogP contribution in [0.25, 0.3) is 0 Å². The summed E-state index contributed by atoms with van der Waals surface area (Å²) in [6, 6.07) is 1.38. The Hall–Kier alpha value is -0.300. The van der Waals surface area contributed by atoms with Gasteiger partial charge in [-0.25, -0.2) is 0 Å². The Balaban J connectivity index is 2.18. The minimum absolute atomic E-state index is 0.607. The van der Waals surface area contributed by atoms with Crippen molar-refractivity contribution in [3.8, 4) is 0 Å². The Kier molecular flexibility index (Phi) is 4.51. The van der Waals surface area contributed by atoms with Crippen molar-refractivity contribution in [2.45, 2.75) is 58.0 Å². The average Bonchev–Trinajstić information content (AvgIpc) is 2.09. The van der Waals surface area contributed by atoms with Gasteiger partial charge in [0.2, 0.25) is 0 Å². The summed E-state index contributed by atoms with van der Waals surface area (Å²) in [4.78, 5) is 0. The van der Waals surface area contributed by atoms with E-state index in [0.717, 1.165) is 18.4 Å². The number of nitrogens with one attached hydrogen (secondary N) is 1. The normalized spacial score (nSPS) is 31.2. The highest BCUT2D eigenvalue weighted by molar-refractivity contribution is 4.81. The first-order chi connectivity index (χ1) is 6.22. The first-order valence-electron chi connectivity index (χ1n) is 5.59. The second-order valence-corrected chi connectivity index (χ2v) is 4.55. The third kappa shape index (κ3) is 3.95. The largest absolute Gasteiger partial charge is 0.311 e. The van der Waals surface area contributed by atoms with Crippen LogP contribution >= 0.6 is 0 Å². The lowest BCUT2D eigenvalue weighted by Gasteiger charge is -2.29. The van der Waals surface area contributed by atoms with E-state index < -0.39 is 0 Å². The highest BCUT2D eigenvalue weighted by Crippen LogP contribution is 2.23. The van der Waals surface area contributed by atoms with Crippen molar-refractivity contribution < 1.29 is 0 Å². The zero-order valence-corrected chi connectivity index (χ0v) is 9.05. The molecule has 0 spiro atoms. The quantitative estimate of drug-likeness (QED) is 0.657. The molecular weight excluding hydrogens is 158 g/mol. The van der Waals surface area contributed by atoms with Crippen LogP contribution in [0.2, 0.25) is 0 Å². The molecule has 0 heterocycles. The molecule has 0 aliphatic heterocycles. The van der Waals surface area contributed by atoms with E-state index in [-0.39, 0.29) is 0 Å². The summed E-state index contributed by atoms with van der Waals surface area (Å²) in [6.45, 7) is 8.38. The molecule has 1 atom stereocenters. The molecule has 1 heteroatoms. The fourth-order valence-electron chi connectivity index (χ4n) is 2.15. The maximum Gasteiger partial charge on any atom is 0.00757 e. The van der Waals surface area contributed by atoms with Crippen molar-refractivity contribution in [1.82, 2.24) is 5.32 Å². The summed E-state index contributed by atoms with van der Waals surface area (Å²) < 4.78 is 0. The summed E-state index contributed by atoms with van der Waals surface area (Å²) in [5.41, 5.74) is 0. The van der Waals surface area contributed by atoms with Crippen LogP contribution in [0.4, 0.5) is 0 Å². The molecule has 1 saturated carbocycles. The Morgan fingerprint density at radius 1 is 1.38 bits per heavy atom. The van der Waals surface area contributed by atoms with Crippen molar-refractivity contribution in [1.29, 1.82) is 0 Å². The van der Waals surface area contributed by atoms with Gasteiger partial charge >= 0.3 is 0 Å². The minimum Gasteiger partial charge on any atom is -0.311 e. The maximum absolute atomic E-state index is 3.77. The Labute approximate surface area is 82.6 Å². The van der Waals surface area contributed by atoms with Crippen LogP contribution in [0.5, 0.6) is 0 Å². The summed E-state index contributed by atoms with van der Waals surface area (Å²) in [6.07, 6.45) is 8.62. The van der Waals surface area contributed by atoms with Crippen molar-refractivity contribution in [3.05, 3.63) is 12.7 Å². The van der Waals surface area contributed by atoms with Gasteiger partial charge in [0.25, 0.3) is 0 Å². The van der Waals surface area contributed by atoms with E-state index in [0.29, 0.717) is 6.04 Å². The van der Waals surface area contributed by atoms with Crippen LogP contribution < -0.4 is 5.32 Å². The number of hydrogen-bond acceptors (Lipinski definition) is 1. The third-order valence-electron chi connectivity index (χ3n) is 3.06. The average molecular weight is 181 g/mol. The van der Waals surface area contributed by atoms with Gasteiger partial charge in [-0.1, -0.05) is 13.0 Å². The molecule has 1 unspecified atom stereocenters. The zero-order chi connectivity index (χ0) is 9.68. The molecule has 13 heavy (non-hydrogen) atoms. The predicted molar refractivity (Wildman–Crippen MR) is 58.8 cm³/mol. The van der Waals surface area contributed by atoms with Crippen molar-refractivity contribution >= 4 is 0 Å². The van der Waals surface area contributed by atoms with Crippen molar-refractivity contribution in [3.63, 3.8) is 0 Å². The van der Waals surface area contributed by atoms with E-state index >= 15 is 0 Å². The van der Waals surface area contributed by atoms with Gasteiger partial charge in [0.15, 0.2) is 0 Å². The molecule has 0 saturated heterocycles. The van der Waals surface area contributed by atoms with E-state index in [2.05, 4.69) is 25.7 Å².